The van der Waals surface area contributed by atoms with Crippen molar-refractivity contribution in [2.24, 2.45) is 0 Å². The van der Waals surface area contributed by atoms with Gasteiger partial charge in [-0.1, -0.05) is 6.92 Å². The Bertz CT molecular complexity index is 588. The zero-order valence-electron chi connectivity index (χ0n) is 11.3. The number of amides is 1. The summed E-state index contributed by atoms with van der Waals surface area (Å²) in [6.07, 6.45) is 2.71. The molecule has 1 aliphatic rings. The van der Waals surface area contributed by atoms with Crippen LogP contribution in [-0.4, -0.2) is 48.4 Å². The largest absolute Gasteiger partial charge is 0.366 e. The maximum Gasteiger partial charge on any atom is 0.270 e. The monoisotopic (exact) mass is 298 g/mol. The number of hydrogen-bond acceptors (Lipinski definition) is 6. The first-order valence-corrected chi connectivity index (χ1v) is 8.39. The van der Waals surface area contributed by atoms with Crippen molar-refractivity contribution in [3.63, 3.8) is 0 Å². The Labute approximate surface area is 118 Å². The van der Waals surface area contributed by atoms with Gasteiger partial charge in [-0.05, 0) is 12.8 Å². The van der Waals surface area contributed by atoms with Crippen LogP contribution in [0.15, 0.2) is 12.4 Å². The van der Waals surface area contributed by atoms with Crippen molar-refractivity contribution in [1.82, 2.24) is 15.3 Å². The number of sulfone groups is 1. The van der Waals surface area contributed by atoms with Gasteiger partial charge in [0.2, 0.25) is 0 Å². The molecule has 8 heteroatoms. The second kappa shape index (κ2) is 6.17. The third-order valence-corrected chi connectivity index (χ3v) is 4.79. The number of nitrogens with one attached hydrogen (secondary N) is 2. The Morgan fingerprint density at radius 1 is 1.45 bits per heavy atom. The van der Waals surface area contributed by atoms with Gasteiger partial charge >= 0.3 is 0 Å². The summed E-state index contributed by atoms with van der Waals surface area (Å²) in [7, 11) is -2.94. The zero-order chi connectivity index (χ0) is 14.6. The highest BCUT2D eigenvalue weighted by Gasteiger charge is 2.28. The molecule has 0 bridgehead atoms. The van der Waals surface area contributed by atoms with Crippen molar-refractivity contribution >= 4 is 21.6 Å². The van der Waals surface area contributed by atoms with E-state index < -0.39 is 9.84 Å². The lowest BCUT2D eigenvalue weighted by Gasteiger charge is -2.11. The highest BCUT2D eigenvalue weighted by Crippen LogP contribution is 2.16. The average molecular weight is 298 g/mol. The van der Waals surface area contributed by atoms with E-state index in [1.54, 1.807) is 0 Å². The molecule has 1 atom stereocenters. The lowest BCUT2D eigenvalue weighted by atomic mass is 10.2. The molecular weight excluding hydrogens is 280 g/mol. The van der Waals surface area contributed by atoms with Crippen LogP contribution in [0.3, 0.4) is 0 Å². The first kappa shape index (κ1) is 14.7. The number of carbonyl (C=O) groups is 1. The van der Waals surface area contributed by atoms with Crippen molar-refractivity contribution < 1.29 is 13.2 Å². The van der Waals surface area contributed by atoms with E-state index in [1.165, 1.54) is 12.4 Å². The predicted molar refractivity (Wildman–Crippen MR) is 75.3 cm³/mol. The van der Waals surface area contributed by atoms with E-state index in [1.807, 2.05) is 6.92 Å². The molecule has 1 saturated heterocycles. The first-order valence-electron chi connectivity index (χ1n) is 6.57. The third-order valence-electron chi connectivity index (χ3n) is 3.02. The van der Waals surface area contributed by atoms with Crippen LogP contribution in [0.4, 0.5) is 5.82 Å². The van der Waals surface area contributed by atoms with Gasteiger partial charge in [-0.2, -0.15) is 0 Å². The van der Waals surface area contributed by atoms with Crippen LogP contribution in [0, 0.1) is 0 Å². The molecule has 110 valence electrons. The van der Waals surface area contributed by atoms with Crippen molar-refractivity contribution in [2.75, 3.05) is 23.4 Å². The standard InChI is InChI=1S/C12H18N4O3S/c1-2-4-13-12(17)10-6-11(15-8-14-10)16-9-3-5-20(18,19)7-9/h6,8-9H,2-5,7H2,1H3,(H,13,17)(H,14,15,16). The average Bonchev–Trinajstić information content (AvgIpc) is 2.75. The van der Waals surface area contributed by atoms with E-state index in [9.17, 15) is 13.2 Å². The Morgan fingerprint density at radius 3 is 2.90 bits per heavy atom. The number of aromatic nitrogens is 2. The lowest BCUT2D eigenvalue weighted by molar-refractivity contribution is 0.0948. The third kappa shape index (κ3) is 3.89. The molecule has 0 aliphatic carbocycles. The van der Waals surface area contributed by atoms with Gasteiger partial charge in [0, 0.05) is 18.7 Å². The van der Waals surface area contributed by atoms with Crippen molar-refractivity contribution in [3.8, 4) is 0 Å². The Kier molecular flexibility index (Phi) is 4.53. The van der Waals surface area contributed by atoms with Gasteiger partial charge in [0.1, 0.15) is 17.8 Å². The van der Waals surface area contributed by atoms with Crippen molar-refractivity contribution in [1.29, 1.82) is 0 Å². The molecule has 0 spiro atoms. The fourth-order valence-corrected chi connectivity index (χ4v) is 3.68. The minimum absolute atomic E-state index is 0.106. The van der Waals surface area contributed by atoms with Gasteiger partial charge in [0.15, 0.2) is 9.84 Å². The minimum atomic E-state index is -2.94. The highest BCUT2D eigenvalue weighted by molar-refractivity contribution is 7.91. The summed E-state index contributed by atoms with van der Waals surface area (Å²) in [6.45, 7) is 2.56. The van der Waals surface area contributed by atoms with Crippen molar-refractivity contribution in [2.45, 2.75) is 25.8 Å². The molecule has 7 nitrogen and oxygen atoms in total. The molecule has 20 heavy (non-hydrogen) atoms. The molecule has 1 aromatic rings. The van der Waals surface area contributed by atoms with Gasteiger partial charge in [0.05, 0.1) is 11.5 Å². The van der Waals surface area contributed by atoms with Gasteiger partial charge in [-0.15, -0.1) is 0 Å². The van der Waals surface area contributed by atoms with Crippen LogP contribution < -0.4 is 10.6 Å². The summed E-state index contributed by atoms with van der Waals surface area (Å²) >= 11 is 0. The Hall–Kier alpha value is -1.70. The molecule has 1 aliphatic heterocycles. The zero-order valence-corrected chi connectivity index (χ0v) is 12.1. The molecule has 2 N–H and O–H groups in total. The summed E-state index contributed by atoms with van der Waals surface area (Å²) in [5.41, 5.74) is 0.275. The van der Waals surface area contributed by atoms with E-state index >= 15 is 0 Å². The van der Waals surface area contributed by atoms with Gasteiger partial charge in [0.25, 0.3) is 5.91 Å². The molecule has 0 saturated carbocycles. The van der Waals surface area contributed by atoms with Crippen LogP contribution in [-0.2, 0) is 9.84 Å². The number of carbonyl (C=O) groups excluding carboxylic acids is 1. The van der Waals surface area contributed by atoms with Crippen LogP contribution in [0.1, 0.15) is 30.3 Å². The normalized spacial score (nSPS) is 20.6. The molecule has 1 fully saturated rings. The van der Waals surface area contributed by atoms with E-state index in [4.69, 9.17) is 0 Å². The molecule has 1 amide bonds. The van der Waals surface area contributed by atoms with E-state index in [2.05, 4.69) is 20.6 Å². The molecule has 0 radical (unpaired) electrons. The Balaban J connectivity index is 2.01. The number of nitrogens with zero attached hydrogens (tertiary/aromatic N) is 2. The number of anilines is 1. The van der Waals surface area contributed by atoms with E-state index in [-0.39, 0.29) is 29.1 Å². The summed E-state index contributed by atoms with van der Waals surface area (Å²) in [5.74, 6) is 0.522. The molecule has 1 aromatic heterocycles. The second-order valence-electron chi connectivity index (χ2n) is 4.79. The van der Waals surface area contributed by atoms with E-state index in [0.29, 0.717) is 18.8 Å². The molecule has 2 rings (SSSR count). The van der Waals surface area contributed by atoms with Crippen LogP contribution in [0.2, 0.25) is 0 Å². The topological polar surface area (TPSA) is 101 Å². The minimum Gasteiger partial charge on any atom is -0.366 e. The summed E-state index contributed by atoms with van der Waals surface area (Å²) in [5, 5.41) is 5.77. The van der Waals surface area contributed by atoms with Crippen LogP contribution in [0.5, 0.6) is 0 Å². The quantitative estimate of drug-likeness (QED) is 0.806. The van der Waals surface area contributed by atoms with E-state index in [0.717, 1.165) is 6.42 Å². The number of hydrogen-bond donors (Lipinski definition) is 2. The SMILES string of the molecule is CCCNC(=O)c1cc(NC2CCS(=O)(=O)C2)ncn1. The molecular formula is C12H18N4O3S. The van der Waals surface area contributed by atoms with Crippen molar-refractivity contribution in [3.05, 3.63) is 18.1 Å². The predicted octanol–water partition coefficient (Wildman–Crippen LogP) is 0.215. The molecule has 1 unspecified atom stereocenters. The smallest absolute Gasteiger partial charge is 0.270 e. The maximum atomic E-state index is 11.8. The molecule has 0 aromatic carbocycles. The van der Waals surface area contributed by atoms with Crippen LogP contribution >= 0.6 is 0 Å². The summed E-state index contributed by atoms with van der Waals surface area (Å²) in [6, 6.07) is 1.39. The fourth-order valence-electron chi connectivity index (χ4n) is 2.01. The maximum absolute atomic E-state index is 11.8. The van der Waals surface area contributed by atoms with Gasteiger partial charge in [-0.25, -0.2) is 18.4 Å². The Morgan fingerprint density at radius 2 is 2.25 bits per heavy atom. The lowest BCUT2D eigenvalue weighted by Crippen LogP contribution is -2.26. The van der Waals surface area contributed by atoms with Gasteiger partial charge < -0.3 is 10.6 Å². The van der Waals surface area contributed by atoms with Gasteiger partial charge in [-0.3, -0.25) is 4.79 Å². The fraction of sp³-hybridized carbons (Fsp3) is 0.583. The van der Waals surface area contributed by atoms with Crippen LogP contribution in [0.25, 0.3) is 0 Å². The highest BCUT2D eigenvalue weighted by atomic mass is 32.2. The number of rotatable bonds is 5. The summed E-state index contributed by atoms with van der Waals surface area (Å²) in [4.78, 5) is 19.7. The molecule has 2 heterocycles. The first-order chi connectivity index (χ1) is 9.50. The summed E-state index contributed by atoms with van der Waals surface area (Å²) < 4.78 is 22.8. The second-order valence-corrected chi connectivity index (χ2v) is 7.02.